The van der Waals surface area contributed by atoms with Gasteiger partial charge in [-0.05, 0) is 0 Å². The fourth-order valence-electron chi connectivity index (χ4n) is 1.36. The summed E-state index contributed by atoms with van der Waals surface area (Å²) in [5.74, 6) is 0. The second-order valence-electron chi connectivity index (χ2n) is 3.26. The van der Waals surface area contributed by atoms with Gasteiger partial charge in [-0.15, -0.1) is 0 Å². The first kappa shape index (κ1) is 13.3. The van der Waals surface area contributed by atoms with E-state index in [1.807, 2.05) is 34.9 Å². The minimum absolute atomic E-state index is 1.13. The summed E-state index contributed by atoms with van der Waals surface area (Å²) in [5.41, 5.74) is 1.13. The standard InChI is InChI=1S/C13H10S.2ClH.Ru/c1-11-7-5-6-10-13(11)14-12-8-3-2-4-9-12;;;/h1-10H;2*1H;/q;;;+2/p-2. The Labute approximate surface area is 118 Å². The molecule has 2 rings (SSSR count). The molecule has 0 aromatic heterocycles. The van der Waals surface area contributed by atoms with Gasteiger partial charge in [-0.2, -0.15) is 0 Å². The third-order valence-electron chi connectivity index (χ3n) is 2.08. The van der Waals surface area contributed by atoms with Crippen molar-refractivity contribution in [3.05, 3.63) is 60.2 Å². The monoisotopic (exact) mass is 370 g/mol. The first-order valence-corrected chi connectivity index (χ1v) is 11.2. The number of rotatable bonds is 3. The van der Waals surface area contributed by atoms with Crippen LogP contribution < -0.4 is 0 Å². The van der Waals surface area contributed by atoms with Crippen LogP contribution in [0, 0.1) is 0 Å². The van der Waals surface area contributed by atoms with Crippen molar-refractivity contribution in [2.24, 2.45) is 0 Å². The first-order valence-electron chi connectivity index (χ1n) is 4.91. The third kappa shape index (κ3) is 4.22. The maximum absolute atomic E-state index is 5.93. The molecular formula is C13H10Cl2RuS. The van der Waals surface area contributed by atoms with Gasteiger partial charge < -0.3 is 0 Å². The van der Waals surface area contributed by atoms with E-state index < -0.39 is 13.5 Å². The molecule has 0 spiro atoms. The molecule has 0 aliphatic heterocycles. The summed E-state index contributed by atoms with van der Waals surface area (Å²) in [6.45, 7) is 0. The zero-order valence-corrected chi connectivity index (χ0v) is 12.9. The SMILES string of the molecule is [Cl][Ru]([Cl])=[CH]c1ccccc1Sc1ccccc1. The van der Waals surface area contributed by atoms with E-state index in [2.05, 4.69) is 24.3 Å². The van der Waals surface area contributed by atoms with Gasteiger partial charge in [-0.1, -0.05) is 0 Å². The second kappa shape index (κ2) is 6.70. The maximum atomic E-state index is 5.93. The predicted octanol–water partition coefficient (Wildman–Crippen LogP) is 4.91. The summed E-state index contributed by atoms with van der Waals surface area (Å²) >= 11 is -0.0363. The normalized spacial score (nSPS) is 11.1. The minimum atomic E-state index is -1.77. The molecule has 0 unspecified atom stereocenters. The zero-order chi connectivity index (χ0) is 12.1. The van der Waals surface area contributed by atoms with Crippen LogP contribution in [0.5, 0.6) is 0 Å². The van der Waals surface area contributed by atoms with Crippen molar-refractivity contribution in [2.45, 2.75) is 9.79 Å². The molecule has 0 aliphatic carbocycles. The Bertz CT molecular complexity index is 522. The van der Waals surface area contributed by atoms with Crippen molar-refractivity contribution in [3.63, 3.8) is 0 Å². The zero-order valence-electron chi connectivity index (χ0n) is 8.79. The van der Waals surface area contributed by atoms with Gasteiger partial charge in [-0.3, -0.25) is 0 Å². The molecule has 0 amide bonds. The molecule has 0 fully saturated rings. The number of halogens is 2. The Morgan fingerprint density at radius 3 is 2.24 bits per heavy atom. The molecule has 0 heterocycles. The summed E-state index contributed by atoms with van der Waals surface area (Å²) in [6, 6.07) is 18.5. The van der Waals surface area contributed by atoms with E-state index in [9.17, 15) is 0 Å². The topological polar surface area (TPSA) is 0 Å². The Kier molecular flexibility index (Phi) is 5.24. The molecule has 0 nitrogen and oxygen atoms in total. The van der Waals surface area contributed by atoms with Crippen molar-refractivity contribution in [1.82, 2.24) is 0 Å². The van der Waals surface area contributed by atoms with E-state index in [-0.39, 0.29) is 0 Å². The molecule has 0 N–H and O–H groups in total. The van der Waals surface area contributed by atoms with Crippen LogP contribution in [-0.2, 0) is 13.5 Å². The average molecular weight is 370 g/mol. The van der Waals surface area contributed by atoms with Crippen molar-refractivity contribution < 1.29 is 13.5 Å². The summed E-state index contributed by atoms with van der Waals surface area (Å²) in [5, 5.41) is 0. The van der Waals surface area contributed by atoms with Gasteiger partial charge in [0, 0.05) is 0 Å². The fourth-order valence-corrected chi connectivity index (χ4v) is 4.29. The van der Waals surface area contributed by atoms with Crippen LogP contribution in [-0.4, -0.2) is 4.61 Å². The van der Waals surface area contributed by atoms with Crippen LogP contribution in [0.4, 0.5) is 0 Å². The van der Waals surface area contributed by atoms with E-state index in [0.29, 0.717) is 0 Å². The first-order chi connectivity index (χ1) is 8.25. The van der Waals surface area contributed by atoms with Crippen molar-refractivity contribution in [2.75, 3.05) is 0 Å². The van der Waals surface area contributed by atoms with Crippen molar-refractivity contribution in [3.8, 4) is 0 Å². The van der Waals surface area contributed by atoms with E-state index in [1.165, 1.54) is 9.79 Å². The fraction of sp³-hybridized carbons (Fsp3) is 0. The number of benzene rings is 2. The Morgan fingerprint density at radius 1 is 0.882 bits per heavy atom. The van der Waals surface area contributed by atoms with Crippen LogP contribution in [0.25, 0.3) is 0 Å². The molecule has 2 aromatic carbocycles. The van der Waals surface area contributed by atoms with Gasteiger partial charge in [0.15, 0.2) is 0 Å². The van der Waals surface area contributed by atoms with Crippen molar-refractivity contribution in [1.29, 1.82) is 0 Å². The molecule has 0 aliphatic rings. The number of hydrogen-bond donors (Lipinski definition) is 0. The molecule has 0 atom stereocenters. The van der Waals surface area contributed by atoms with Gasteiger partial charge in [0.2, 0.25) is 0 Å². The van der Waals surface area contributed by atoms with Crippen LogP contribution in [0.3, 0.4) is 0 Å². The molecule has 90 valence electrons. The third-order valence-corrected chi connectivity index (χ3v) is 5.01. The molecule has 4 heteroatoms. The van der Waals surface area contributed by atoms with Gasteiger partial charge in [0.05, 0.1) is 0 Å². The molecular weight excluding hydrogens is 360 g/mol. The van der Waals surface area contributed by atoms with Crippen LogP contribution in [0.2, 0.25) is 0 Å². The quantitative estimate of drug-likeness (QED) is 0.692. The van der Waals surface area contributed by atoms with E-state index in [4.69, 9.17) is 19.4 Å². The van der Waals surface area contributed by atoms with Gasteiger partial charge >= 0.3 is 119 Å². The summed E-state index contributed by atoms with van der Waals surface area (Å²) in [7, 11) is 11.9. The Morgan fingerprint density at radius 2 is 1.53 bits per heavy atom. The van der Waals surface area contributed by atoms with Crippen molar-refractivity contribution >= 4 is 35.8 Å². The molecule has 17 heavy (non-hydrogen) atoms. The molecule has 0 saturated carbocycles. The summed E-state index contributed by atoms with van der Waals surface area (Å²) < 4.78 is 1.98. The summed E-state index contributed by atoms with van der Waals surface area (Å²) in [4.78, 5) is 2.41. The van der Waals surface area contributed by atoms with Crippen LogP contribution >= 0.6 is 31.1 Å². The molecule has 0 bridgehead atoms. The molecule has 0 saturated heterocycles. The van der Waals surface area contributed by atoms with Crippen LogP contribution in [0.15, 0.2) is 64.4 Å². The van der Waals surface area contributed by atoms with E-state index in [1.54, 1.807) is 11.8 Å². The molecule has 0 radical (unpaired) electrons. The number of hydrogen-bond acceptors (Lipinski definition) is 1. The Balaban J connectivity index is 2.30. The average Bonchev–Trinajstić information content (AvgIpc) is 2.32. The predicted molar refractivity (Wildman–Crippen MR) is 73.9 cm³/mol. The summed E-state index contributed by atoms with van der Waals surface area (Å²) in [6.07, 6.45) is 0. The Hall–Kier alpha value is -0.137. The van der Waals surface area contributed by atoms with Crippen LogP contribution in [0.1, 0.15) is 5.56 Å². The van der Waals surface area contributed by atoms with E-state index >= 15 is 0 Å². The van der Waals surface area contributed by atoms with Gasteiger partial charge in [0.25, 0.3) is 0 Å². The molecule has 2 aromatic rings. The van der Waals surface area contributed by atoms with E-state index in [0.717, 1.165) is 5.56 Å². The second-order valence-corrected chi connectivity index (χ2v) is 10.1. The van der Waals surface area contributed by atoms with Gasteiger partial charge in [-0.25, -0.2) is 0 Å². The van der Waals surface area contributed by atoms with Gasteiger partial charge in [0.1, 0.15) is 0 Å².